The van der Waals surface area contributed by atoms with Crippen molar-refractivity contribution in [3.8, 4) is 0 Å². The maximum Gasteiger partial charge on any atom is 0.339 e. The first-order valence-electron chi connectivity index (χ1n) is 18.9. The number of benzene rings is 2. The minimum absolute atomic E-state index is 0.0139. The van der Waals surface area contributed by atoms with Crippen LogP contribution in [0.1, 0.15) is 141 Å². The molecule has 8 atom stereocenters. The van der Waals surface area contributed by atoms with Gasteiger partial charge in [0.05, 0.1) is 22.3 Å². The highest BCUT2D eigenvalue weighted by molar-refractivity contribution is 6.03. The van der Waals surface area contributed by atoms with Gasteiger partial charge in [-0.05, 0) is 122 Å². The lowest BCUT2D eigenvalue weighted by Gasteiger charge is -2.66. The van der Waals surface area contributed by atoms with Crippen LogP contribution in [0.2, 0.25) is 0 Å². The Balaban J connectivity index is 1.16. The van der Waals surface area contributed by atoms with Crippen molar-refractivity contribution < 1.29 is 38.9 Å². The number of aromatic carboxylic acids is 2. The number of esters is 2. The lowest BCUT2D eigenvalue weighted by atomic mass is 9.38. The van der Waals surface area contributed by atoms with Gasteiger partial charge in [0.15, 0.2) is 0 Å². The van der Waals surface area contributed by atoms with Crippen molar-refractivity contribution in [1.82, 2.24) is 0 Å². The second-order valence-corrected chi connectivity index (χ2v) is 18.0. The van der Waals surface area contributed by atoms with Crippen molar-refractivity contribution in [2.75, 3.05) is 0 Å². The van der Waals surface area contributed by atoms with E-state index in [1.165, 1.54) is 35.4 Å². The third kappa shape index (κ3) is 5.63. The first-order chi connectivity index (χ1) is 24.4. The van der Waals surface area contributed by atoms with Crippen LogP contribution >= 0.6 is 0 Å². The van der Waals surface area contributed by atoms with Gasteiger partial charge in [-0.15, -0.1) is 0 Å². The van der Waals surface area contributed by atoms with E-state index in [4.69, 9.17) is 9.47 Å². The number of carbonyl (C=O) groups excluding carboxylic acids is 2. The standard InChI is InChI=1S/C44H52O8/c1-40(2)33-18-21-43(5)31-17-20-41(3)23-24-42(4,52-39(50)29-14-10-8-12-27(29)37(47)48)25-32(41)30(31)15-16-34(43)44(33,6)22-19-35(40)51-38(49)28-13-9-7-11-26(28)36(45)46/h7-16,31,33-35H,17-25H2,1-6H3,(H,45,46)(H,47,48)/t31?,33?,34?,35-,41?,42?,43-,44-/m0/s1. The molecule has 0 spiro atoms. The van der Waals surface area contributed by atoms with Crippen LogP contribution in [0.25, 0.3) is 0 Å². The van der Waals surface area contributed by atoms with Crippen molar-refractivity contribution in [3.05, 3.63) is 94.1 Å². The molecule has 2 aromatic rings. The van der Waals surface area contributed by atoms with E-state index in [-0.39, 0.29) is 50.0 Å². The maximum atomic E-state index is 13.5. The average molecular weight is 709 g/mol. The molecule has 276 valence electrons. The molecule has 52 heavy (non-hydrogen) atoms. The molecule has 2 aromatic carbocycles. The van der Waals surface area contributed by atoms with E-state index in [0.29, 0.717) is 30.6 Å². The molecule has 0 aliphatic heterocycles. The van der Waals surface area contributed by atoms with Gasteiger partial charge < -0.3 is 19.7 Å². The number of hydrogen-bond donors (Lipinski definition) is 2. The molecular formula is C44H52O8. The highest BCUT2D eigenvalue weighted by atomic mass is 16.6. The average Bonchev–Trinajstić information content (AvgIpc) is 3.09. The molecule has 0 aromatic heterocycles. The quantitative estimate of drug-likeness (QED) is 0.284. The molecule has 5 unspecified atom stereocenters. The van der Waals surface area contributed by atoms with E-state index < -0.39 is 29.5 Å². The Kier molecular flexibility index (Phi) is 8.66. The van der Waals surface area contributed by atoms with E-state index in [9.17, 15) is 29.4 Å². The van der Waals surface area contributed by atoms with Crippen LogP contribution in [0.4, 0.5) is 0 Å². The molecular weight excluding hydrogens is 656 g/mol. The summed E-state index contributed by atoms with van der Waals surface area (Å²) < 4.78 is 12.4. The predicted molar refractivity (Wildman–Crippen MR) is 196 cm³/mol. The Bertz CT molecular complexity index is 1900. The fraction of sp³-hybridized carbons (Fsp3) is 0.545. The molecule has 5 aliphatic rings. The largest absolute Gasteiger partial charge is 0.478 e. The molecule has 0 heterocycles. The van der Waals surface area contributed by atoms with Crippen molar-refractivity contribution in [2.45, 2.75) is 111 Å². The number of carboxylic acids is 2. The van der Waals surface area contributed by atoms with E-state index in [1.54, 1.807) is 24.3 Å². The number of carboxylic acid groups (broad SMARTS) is 2. The van der Waals surface area contributed by atoms with Gasteiger partial charge in [-0.2, -0.15) is 0 Å². The minimum Gasteiger partial charge on any atom is -0.478 e. The summed E-state index contributed by atoms with van der Waals surface area (Å²) in [5, 5.41) is 19.4. The number of carbonyl (C=O) groups is 4. The van der Waals surface area contributed by atoms with Gasteiger partial charge in [-0.25, -0.2) is 19.2 Å². The highest BCUT2D eigenvalue weighted by Gasteiger charge is 2.64. The van der Waals surface area contributed by atoms with Gasteiger partial charge in [0.25, 0.3) is 0 Å². The van der Waals surface area contributed by atoms with E-state index in [2.05, 4.69) is 46.8 Å². The lowest BCUT2D eigenvalue weighted by Crippen LogP contribution is -2.61. The maximum absolute atomic E-state index is 13.5. The topological polar surface area (TPSA) is 127 Å². The summed E-state index contributed by atoms with van der Waals surface area (Å²) in [6, 6.07) is 12.5. The van der Waals surface area contributed by atoms with Crippen molar-refractivity contribution in [1.29, 1.82) is 0 Å². The van der Waals surface area contributed by atoms with Crippen LogP contribution in [-0.4, -0.2) is 45.8 Å². The summed E-state index contributed by atoms with van der Waals surface area (Å²) in [7, 11) is 0. The number of ether oxygens (including phenoxy) is 2. The van der Waals surface area contributed by atoms with Gasteiger partial charge in [-0.1, -0.05) is 76.6 Å². The number of fused-ring (bicyclic) bond motifs is 6. The van der Waals surface area contributed by atoms with Crippen molar-refractivity contribution in [2.24, 2.45) is 39.4 Å². The molecule has 2 N–H and O–H groups in total. The van der Waals surface area contributed by atoms with Gasteiger partial charge in [-0.3, -0.25) is 0 Å². The van der Waals surface area contributed by atoms with Crippen LogP contribution in [0.3, 0.4) is 0 Å². The third-order valence-electron chi connectivity index (χ3n) is 14.7. The van der Waals surface area contributed by atoms with Gasteiger partial charge in [0.2, 0.25) is 0 Å². The SMILES string of the molecule is CC1(OC(=O)c2ccccc2C(=O)O)CCC2(C)CCC3C(=C2C1)C=CC1[C@@]3(C)CCC2C(C)(C)[C@@H](OC(=O)c3ccccc3C(=O)O)CC[C@@]21C. The zero-order chi connectivity index (χ0) is 37.4. The Hall–Kier alpha value is -4.20. The molecule has 0 saturated heterocycles. The zero-order valence-electron chi connectivity index (χ0n) is 31.3. The molecule has 3 fully saturated rings. The minimum atomic E-state index is -1.15. The molecule has 0 amide bonds. The number of allylic oxidation sites excluding steroid dienone is 3. The summed E-state index contributed by atoms with van der Waals surface area (Å²) in [5.74, 6) is -2.44. The summed E-state index contributed by atoms with van der Waals surface area (Å²) in [6.07, 6.45) is 12.7. The summed E-state index contributed by atoms with van der Waals surface area (Å²) in [5.41, 5.74) is 1.87. The van der Waals surface area contributed by atoms with Gasteiger partial charge in [0.1, 0.15) is 11.7 Å². The Morgan fingerprint density at radius 1 is 0.673 bits per heavy atom. The van der Waals surface area contributed by atoms with Crippen molar-refractivity contribution >= 4 is 23.9 Å². The monoisotopic (exact) mass is 708 g/mol. The summed E-state index contributed by atoms with van der Waals surface area (Å²) in [6.45, 7) is 13.8. The van der Waals surface area contributed by atoms with E-state index in [0.717, 1.165) is 44.9 Å². The number of hydrogen-bond acceptors (Lipinski definition) is 6. The number of rotatable bonds is 6. The Morgan fingerprint density at radius 2 is 1.25 bits per heavy atom. The Morgan fingerprint density at radius 3 is 1.87 bits per heavy atom. The van der Waals surface area contributed by atoms with Crippen LogP contribution in [-0.2, 0) is 9.47 Å². The fourth-order valence-electron chi connectivity index (χ4n) is 11.8. The smallest absolute Gasteiger partial charge is 0.339 e. The molecule has 0 radical (unpaired) electrons. The zero-order valence-corrected chi connectivity index (χ0v) is 31.3. The van der Waals surface area contributed by atoms with Crippen LogP contribution in [0.5, 0.6) is 0 Å². The van der Waals surface area contributed by atoms with Crippen LogP contribution < -0.4 is 0 Å². The summed E-state index contributed by atoms with van der Waals surface area (Å²) in [4.78, 5) is 50.6. The van der Waals surface area contributed by atoms with Gasteiger partial charge >= 0.3 is 23.9 Å². The third-order valence-corrected chi connectivity index (χ3v) is 14.7. The normalized spacial score (nSPS) is 36.0. The van der Waals surface area contributed by atoms with Crippen LogP contribution in [0.15, 0.2) is 71.8 Å². The fourth-order valence-corrected chi connectivity index (χ4v) is 11.8. The van der Waals surface area contributed by atoms with Crippen molar-refractivity contribution in [3.63, 3.8) is 0 Å². The molecule has 8 nitrogen and oxygen atoms in total. The first kappa shape index (κ1) is 36.2. The Labute approximate surface area is 306 Å². The predicted octanol–water partition coefficient (Wildman–Crippen LogP) is 9.55. The lowest BCUT2D eigenvalue weighted by molar-refractivity contribution is -0.170. The molecule has 3 saturated carbocycles. The molecule has 0 bridgehead atoms. The van der Waals surface area contributed by atoms with E-state index >= 15 is 0 Å². The molecule has 8 heteroatoms. The van der Waals surface area contributed by atoms with E-state index in [1.807, 2.05) is 6.92 Å². The molecule has 5 aliphatic carbocycles. The highest BCUT2D eigenvalue weighted by Crippen LogP contribution is 2.70. The second-order valence-electron chi connectivity index (χ2n) is 18.0. The second kappa shape index (κ2) is 12.4. The first-order valence-corrected chi connectivity index (χ1v) is 18.9. The van der Waals surface area contributed by atoms with Crippen LogP contribution in [0, 0.1) is 39.4 Å². The summed E-state index contributed by atoms with van der Waals surface area (Å²) >= 11 is 0. The van der Waals surface area contributed by atoms with Gasteiger partial charge in [0, 0.05) is 11.8 Å². The molecule has 7 rings (SSSR count).